The summed E-state index contributed by atoms with van der Waals surface area (Å²) in [7, 11) is 0.651. The van der Waals surface area contributed by atoms with Gasteiger partial charge in [-0.2, -0.15) is 0 Å². The maximum absolute atomic E-state index is 12.4. The first-order valence-corrected chi connectivity index (χ1v) is 10.3. The van der Waals surface area contributed by atoms with Crippen LogP contribution in [0.5, 0.6) is 0 Å². The maximum Gasteiger partial charge on any atom is 0.337 e. The molecule has 0 fully saturated rings. The second-order valence-corrected chi connectivity index (χ2v) is 8.82. The van der Waals surface area contributed by atoms with Gasteiger partial charge in [-0.25, -0.2) is 17.5 Å². The van der Waals surface area contributed by atoms with Crippen molar-refractivity contribution in [3.05, 3.63) is 53.1 Å². The van der Waals surface area contributed by atoms with Crippen molar-refractivity contribution in [3.63, 3.8) is 0 Å². The van der Waals surface area contributed by atoms with E-state index in [4.69, 9.17) is 0 Å². The number of hydrogen-bond acceptors (Lipinski definition) is 6. The minimum Gasteiger partial charge on any atom is -0.465 e. The van der Waals surface area contributed by atoms with Gasteiger partial charge >= 0.3 is 5.97 Å². The molecule has 2 rings (SSSR count). The smallest absolute Gasteiger partial charge is 0.337 e. The highest BCUT2D eigenvalue weighted by Gasteiger charge is 2.19. The Morgan fingerprint density at radius 1 is 1.07 bits per heavy atom. The van der Waals surface area contributed by atoms with Crippen LogP contribution in [-0.4, -0.2) is 52.3 Å². The van der Waals surface area contributed by atoms with Crippen LogP contribution < -0.4 is 10.6 Å². The minimum absolute atomic E-state index is 0.0511. The first kappa shape index (κ1) is 22.4. The van der Waals surface area contributed by atoms with E-state index in [1.807, 2.05) is 13.8 Å². The Bertz CT molecular complexity index is 1020. The van der Waals surface area contributed by atoms with Crippen LogP contribution in [0.2, 0.25) is 0 Å². The zero-order valence-electron chi connectivity index (χ0n) is 17.1. The van der Waals surface area contributed by atoms with Crippen LogP contribution in [0.1, 0.15) is 21.5 Å². The second-order valence-electron chi connectivity index (χ2n) is 6.67. The molecule has 0 heterocycles. The molecule has 0 aliphatic heterocycles. The van der Waals surface area contributed by atoms with Gasteiger partial charge in [-0.1, -0.05) is 0 Å². The molecule has 0 spiro atoms. The van der Waals surface area contributed by atoms with E-state index < -0.39 is 16.0 Å². The summed E-state index contributed by atoms with van der Waals surface area (Å²) in [6.07, 6.45) is 0. The Labute approximate surface area is 170 Å². The molecule has 2 N–H and O–H groups in total. The average Bonchev–Trinajstić information content (AvgIpc) is 2.68. The number of anilines is 2. The maximum atomic E-state index is 12.4. The van der Waals surface area contributed by atoms with Crippen LogP contribution in [0.15, 0.2) is 41.3 Å². The summed E-state index contributed by atoms with van der Waals surface area (Å²) in [5.41, 5.74) is 3.14. The molecule has 2 aromatic carbocycles. The number of aryl methyl sites for hydroxylation is 1. The summed E-state index contributed by atoms with van der Waals surface area (Å²) >= 11 is 0. The Balaban J connectivity index is 2.10. The van der Waals surface area contributed by atoms with Crippen molar-refractivity contribution in [1.82, 2.24) is 4.31 Å². The number of nitrogens with one attached hydrogen (secondary N) is 2. The number of carbonyl (C=O) groups is 2. The number of methoxy groups -OCH3 is 1. The molecule has 0 aliphatic carbocycles. The van der Waals surface area contributed by atoms with Crippen molar-refractivity contribution in [3.8, 4) is 0 Å². The summed E-state index contributed by atoms with van der Waals surface area (Å²) in [4.78, 5) is 23.9. The van der Waals surface area contributed by atoms with Gasteiger partial charge in [0.2, 0.25) is 15.9 Å². The van der Waals surface area contributed by atoms with E-state index in [9.17, 15) is 18.0 Å². The van der Waals surface area contributed by atoms with Crippen molar-refractivity contribution < 1.29 is 22.7 Å². The van der Waals surface area contributed by atoms with Gasteiger partial charge < -0.3 is 15.4 Å². The van der Waals surface area contributed by atoms with E-state index >= 15 is 0 Å². The summed E-state index contributed by atoms with van der Waals surface area (Å²) in [6.45, 7) is 3.62. The van der Waals surface area contributed by atoms with Crippen molar-refractivity contribution in [2.75, 3.05) is 38.4 Å². The van der Waals surface area contributed by atoms with Crippen molar-refractivity contribution >= 4 is 33.3 Å². The number of sulfonamides is 1. The van der Waals surface area contributed by atoms with Crippen LogP contribution >= 0.6 is 0 Å². The Kier molecular flexibility index (Phi) is 6.99. The van der Waals surface area contributed by atoms with Gasteiger partial charge in [0.25, 0.3) is 0 Å². The number of carbonyl (C=O) groups excluding carboxylic acids is 2. The lowest BCUT2D eigenvalue weighted by molar-refractivity contribution is -0.114. The van der Waals surface area contributed by atoms with E-state index in [0.29, 0.717) is 16.9 Å². The Hall–Kier alpha value is -2.91. The molecule has 1 amide bonds. The van der Waals surface area contributed by atoms with Crippen LogP contribution in [0, 0.1) is 13.8 Å². The molecule has 0 saturated heterocycles. The molecule has 2 aromatic rings. The topological polar surface area (TPSA) is 105 Å². The number of hydrogen-bond donors (Lipinski definition) is 2. The standard InChI is InChI=1S/C20H25N3O5S/c1-13-10-17(29(26,27)23(3)4)11-18(14(13)2)21-12-19(24)22-16-8-6-15(7-9-16)20(25)28-5/h6-11,21H,12H2,1-5H3,(H,22,24). The largest absolute Gasteiger partial charge is 0.465 e. The first-order valence-electron chi connectivity index (χ1n) is 8.82. The lowest BCUT2D eigenvalue weighted by atomic mass is 10.1. The van der Waals surface area contributed by atoms with Crippen LogP contribution in [0.25, 0.3) is 0 Å². The van der Waals surface area contributed by atoms with E-state index in [-0.39, 0.29) is 17.3 Å². The molecular formula is C20H25N3O5S. The van der Waals surface area contributed by atoms with Crippen molar-refractivity contribution in [1.29, 1.82) is 0 Å². The van der Waals surface area contributed by atoms with Crippen molar-refractivity contribution in [2.24, 2.45) is 0 Å². The molecule has 8 nitrogen and oxygen atoms in total. The monoisotopic (exact) mass is 419 g/mol. The normalized spacial score (nSPS) is 11.2. The molecule has 29 heavy (non-hydrogen) atoms. The fourth-order valence-electron chi connectivity index (χ4n) is 2.56. The van der Waals surface area contributed by atoms with E-state index in [0.717, 1.165) is 15.4 Å². The summed E-state index contributed by atoms with van der Waals surface area (Å²) < 4.78 is 30.6. The molecule has 0 bridgehead atoms. The molecule has 0 aliphatic rings. The minimum atomic E-state index is -3.58. The zero-order valence-corrected chi connectivity index (χ0v) is 17.9. The van der Waals surface area contributed by atoms with Gasteiger partial charge in [0.1, 0.15) is 0 Å². The van der Waals surface area contributed by atoms with E-state index in [1.54, 1.807) is 30.3 Å². The van der Waals surface area contributed by atoms with E-state index in [2.05, 4.69) is 15.4 Å². The van der Waals surface area contributed by atoms with Gasteiger partial charge in [-0.15, -0.1) is 0 Å². The van der Waals surface area contributed by atoms with Crippen LogP contribution in [0.4, 0.5) is 11.4 Å². The fraction of sp³-hybridized carbons (Fsp3) is 0.300. The zero-order chi connectivity index (χ0) is 21.8. The number of amides is 1. The number of benzene rings is 2. The summed E-state index contributed by atoms with van der Waals surface area (Å²) in [5, 5.41) is 5.71. The lowest BCUT2D eigenvalue weighted by Crippen LogP contribution is -2.24. The molecule has 0 radical (unpaired) electrons. The third-order valence-corrected chi connectivity index (χ3v) is 6.24. The molecule has 0 unspecified atom stereocenters. The molecule has 0 aromatic heterocycles. The SMILES string of the molecule is COC(=O)c1ccc(NC(=O)CNc2cc(S(=O)(=O)N(C)C)cc(C)c2C)cc1. The molecular weight excluding hydrogens is 394 g/mol. The summed E-state index contributed by atoms with van der Waals surface area (Å²) in [6, 6.07) is 9.44. The molecule has 0 saturated carbocycles. The van der Waals surface area contributed by atoms with Gasteiger partial charge in [-0.05, 0) is 61.4 Å². The number of esters is 1. The quantitative estimate of drug-likeness (QED) is 0.668. The fourth-order valence-corrected chi connectivity index (χ4v) is 3.57. The van der Waals surface area contributed by atoms with Gasteiger partial charge in [0.15, 0.2) is 0 Å². The number of rotatable bonds is 7. The van der Waals surface area contributed by atoms with Gasteiger partial charge in [0.05, 0.1) is 24.1 Å². The Morgan fingerprint density at radius 3 is 2.24 bits per heavy atom. The van der Waals surface area contributed by atoms with Gasteiger partial charge in [0, 0.05) is 25.5 Å². The molecule has 9 heteroatoms. The second kappa shape index (κ2) is 9.06. The Morgan fingerprint density at radius 2 is 1.69 bits per heavy atom. The highest BCUT2D eigenvalue weighted by Crippen LogP contribution is 2.25. The van der Waals surface area contributed by atoms with Crippen LogP contribution in [0.3, 0.4) is 0 Å². The van der Waals surface area contributed by atoms with Crippen LogP contribution in [-0.2, 0) is 19.6 Å². The highest BCUT2D eigenvalue weighted by molar-refractivity contribution is 7.89. The predicted molar refractivity (Wildman–Crippen MR) is 112 cm³/mol. The van der Waals surface area contributed by atoms with Gasteiger partial charge in [-0.3, -0.25) is 4.79 Å². The molecule has 156 valence electrons. The third-order valence-electron chi connectivity index (χ3n) is 4.45. The van der Waals surface area contributed by atoms with E-state index in [1.165, 1.54) is 27.3 Å². The van der Waals surface area contributed by atoms with Crippen molar-refractivity contribution in [2.45, 2.75) is 18.7 Å². The summed E-state index contributed by atoms with van der Waals surface area (Å²) in [5.74, 6) is -0.767. The number of ether oxygens (including phenoxy) is 1. The lowest BCUT2D eigenvalue weighted by Gasteiger charge is -2.17. The molecule has 0 atom stereocenters. The first-order chi connectivity index (χ1) is 13.6. The predicted octanol–water partition coefficient (Wildman–Crippen LogP) is 2.39. The average molecular weight is 420 g/mol. The highest BCUT2D eigenvalue weighted by atomic mass is 32.2. The third kappa shape index (κ3) is 5.33. The number of nitrogens with zero attached hydrogens (tertiary/aromatic N) is 1.